The highest BCUT2D eigenvalue weighted by Crippen LogP contribution is 2.50. The molecule has 0 aliphatic carbocycles. The van der Waals surface area contributed by atoms with Crippen molar-refractivity contribution in [3.63, 3.8) is 0 Å². The van der Waals surface area contributed by atoms with Crippen LogP contribution in [-0.4, -0.2) is 20.1 Å². The molecule has 0 aromatic heterocycles. The summed E-state index contributed by atoms with van der Waals surface area (Å²) in [5.41, 5.74) is 30.9. The van der Waals surface area contributed by atoms with E-state index in [1.807, 2.05) is 0 Å². The maximum atomic E-state index is 7.62. The second-order valence-corrected chi connectivity index (χ2v) is 26.0. The van der Waals surface area contributed by atoms with Crippen LogP contribution in [-0.2, 0) is 0 Å². The molecule has 0 spiro atoms. The van der Waals surface area contributed by atoms with Gasteiger partial charge in [0.05, 0.1) is 0 Å². The van der Waals surface area contributed by atoms with Gasteiger partial charge in [0.2, 0.25) is 0 Å². The first-order chi connectivity index (χ1) is 45.6. The molecule has 0 amide bonds. The summed E-state index contributed by atoms with van der Waals surface area (Å²) in [5, 5.41) is 0. The second kappa shape index (κ2) is 20.2. The summed E-state index contributed by atoms with van der Waals surface area (Å²) in [6.07, 6.45) is 0. The number of hydrogen-bond donors (Lipinski definition) is 0. The fourth-order valence-corrected chi connectivity index (χ4v) is 16.6. The van der Waals surface area contributed by atoms with E-state index in [2.05, 4.69) is 289 Å². The number of rotatable bonds is 6. The Balaban J connectivity index is 0.876. The number of fused-ring (bicyclic) bond motifs is 12. The van der Waals surface area contributed by atoms with Crippen molar-refractivity contribution < 1.29 is 23.7 Å². The zero-order valence-electron chi connectivity index (χ0n) is 52.3. The highest BCUT2D eigenvalue weighted by atomic mass is 16.5. The Morgan fingerprint density at radius 2 is 0.602 bits per heavy atom. The molecule has 19 rings (SSSR count). The van der Waals surface area contributed by atoms with Crippen LogP contribution in [0.25, 0.3) is 55.6 Å². The zero-order valence-corrected chi connectivity index (χ0v) is 52.3. The Hall–Kier alpha value is -11.1. The molecule has 438 valence electrons. The largest absolute Gasteiger partial charge is 0.458 e. The van der Waals surface area contributed by atoms with E-state index >= 15 is 0 Å². The quantitative estimate of drug-likeness (QED) is 0.155. The van der Waals surface area contributed by atoms with Crippen LogP contribution in [0.4, 0.5) is 17.1 Å². The van der Waals surface area contributed by atoms with Crippen LogP contribution in [0.1, 0.15) is 33.4 Å². The SMILES string of the molecule is Cc1cccc(C)c1-c1cc2c3c(c1)Oc1cc4c(cc1B3c1cc3c(cc1O2)Oc1cc(-c2c(C)cccc2C)cc2c1B3c1cccc(-c3ccccc3)c1O2)B1c2cccc(-c3ccccc3)c2Oc2cc(-c3c(C)cccc3C)cc(c21)N4c1ccccc1. The van der Waals surface area contributed by atoms with E-state index in [1.165, 1.54) is 44.5 Å². The van der Waals surface area contributed by atoms with Crippen LogP contribution >= 0.6 is 0 Å². The molecular weight excluding hydrogens is 1140 g/mol. The fourth-order valence-electron chi connectivity index (χ4n) is 16.6. The van der Waals surface area contributed by atoms with Crippen molar-refractivity contribution in [2.24, 2.45) is 0 Å². The summed E-state index contributed by atoms with van der Waals surface area (Å²) < 4.78 is 37.3. The van der Waals surface area contributed by atoms with E-state index in [1.54, 1.807) is 0 Å². The van der Waals surface area contributed by atoms with E-state index in [4.69, 9.17) is 23.7 Å². The Bertz CT molecular complexity index is 5360. The van der Waals surface area contributed by atoms with Gasteiger partial charge in [-0.1, -0.05) is 182 Å². The van der Waals surface area contributed by atoms with Crippen LogP contribution in [0.2, 0.25) is 0 Å². The molecule has 0 N–H and O–H groups in total. The molecule has 9 heteroatoms. The van der Waals surface area contributed by atoms with Gasteiger partial charge in [-0.2, -0.15) is 0 Å². The predicted molar refractivity (Wildman–Crippen MR) is 383 cm³/mol. The molecule has 0 bridgehead atoms. The van der Waals surface area contributed by atoms with Crippen molar-refractivity contribution in [2.45, 2.75) is 41.5 Å². The van der Waals surface area contributed by atoms with Crippen LogP contribution in [0.5, 0.6) is 57.5 Å². The average Bonchev–Trinajstić information content (AvgIpc) is 0.705. The predicted octanol–water partition coefficient (Wildman–Crippen LogP) is 15.7. The molecular formula is C84H58B3NO5. The van der Waals surface area contributed by atoms with Gasteiger partial charge in [-0.25, -0.2) is 0 Å². The van der Waals surface area contributed by atoms with Gasteiger partial charge in [-0.3, -0.25) is 0 Å². The number of aryl methyl sites for hydroxylation is 6. The lowest BCUT2D eigenvalue weighted by Crippen LogP contribution is -2.64. The number of nitrogens with zero attached hydrogens (tertiary/aromatic N) is 1. The number of ether oxygens (including phenoxy) is 5. The molecule has 6 aliphatic rings. The molecule has 6 heterocycles. The third kappa shape index (κ3) is 7.99. The van der Waals surface area contributed by atoms with Crippen molar-refractivity contribution in [3.8, 4) is 113 Å². The first-order valence-corrected chi connectivity index (χ1v) is 32.3. The van der Waals surface area contributed by atoms with Crippen LogP contribution in [0.15, 0.2) is 243 Å². The fraction of sp³-hybridized carbons (Fsp3) is 0.0714. The number of hydrogen-bond acceptors (Lipinski definition) is 6. The van der Waals surface area contributed by atoms with Crippen LogP contribution < -0.4 is 77.7 Å². The minimum atomic E-state index is -0.334. The van der Waals surface area contributed by atoms with Crippen molar-refractivity contribution in [2.75, 3.05) is 4.90 Å². The third-order valence-electron chi connectivity index (χ3n) is 20.5. The molecule has 0 saturated carbocycles. The van der Waals surface area contributed by atoms with Gasteiger partial charge < -0.3 is 28.6 Å². The molecule has 13 aromatic rings. The standard InChI is InChI=1S/C84H58B3NO5/c1-47-21-16-22-48(2)77(47)55-37-68-80-72(38-55)92-83-59(53-27-10-7-11-28-53)33-19-35-61(83)85(80)63-43-64-69(45-67(63)88(68)58-31-14-9-15-32-58)89-73-39-56(78-49(3)23-17-24-50(78)4)40-74-81(73)87(64)66-44-65-70(46-71(66)91-74)90-75-41-57(79-51(5)25-18-26-52(79)6)42-76-82(75)86(65)62-36-20-34-60(84(62)93-76)54-29-12-8-13-30-54/h7-46H,1-6H3. The van der Waals surface area contributed by atoms with Gasteiger partial charge in [0.25, 0.3) is 20.1 Å². The highest BCUT2D eigenvalue weighted by molar-refractivity contribution is 7.03. The molecule has 93 heavy (non-hydrogen) atoms. The van der Waals surface area contributed by atoms with Gasteiger partial charge in [0.1, 0.15) is 57.5 Å². The van der Waals surface area contributed by atoms with Gasteiger partial charge in [-0.05, 0) is 206 Å². The molecule has 6 nitrogen and oxygen atoms in total. The maximum absolute atomic E-state index is 7.62. The smallest absolute Gasteiger partial charge is 0.260 e. The summed E-state index contributed by atoms with van der Waals surface area (Å²) in [6, 6.07) is 88.0. The molecule has 0 atom stereocenters. The lowest BCUT2D eigenvalue weighted by Gasteiger charge is -2.42. The Labute approximate surface area is 542 Å². The minimum Gasteiger partial charge on any atom is -0.458 e. The van der Waals surface area contributed by atoms with Gasteiger partial charge in [0, 0.05) is 51.2 Å². The zero-order chi connectivity index (χ0) is 62.1. The van der Waals surface area contributed by atoms with Gasteiger partial charge in [0.15, 0.2) is 0 Å². The topological polar surface area (TPSA) is 49.4 Å². The van der Waals surface area contributed by atoms with E-state index in [0.717, 1.165) is 168 Å². The lowest BCUT2D eigenvalue weighted by molar-refractivity contribution is 0.452. The first kappa shape index (κ1) is 53.7. The maximum Gasteiger partial charge on any atom is 0.260 e. The second-order valence-electron chi connectivity index (χ2n) is 26.0. The first-order valence-electron chi connectivity index (χ1n) is 32.3. The van der Waals surface area contributed by atoms with Crippen LogP contribution in [0, 0.1) is 41.5 Å². The van der Waals surface area contributed by atoms with Crippen molar-refractivity contribution in [1.82, 2.24) is 0 Å². The van der Waals surface area contributed by atoms with E-state index in [9.17, 15) is 0 Å². The van der Waals surface area contributed by atoms with Crippen molar-refractivity contribution >= 4 is 86.4 Å². The summed E-state index contributed by atoms with van der Waals surface area (Å²) in [6.45, 7) is 12.3. The number of benzene rings is 13. The monoisotopic (exact) mass is 1190 g/mol. The Kier molecular flexibility index (Phi) is 11.6. The number of anilines is 3. The van der Waals surface area contributed by atoms with E-state index in [-0.39, 0.29) is 20.1 Å². The average molecular weight is 1190 g/mol. The normalized spacial score (nSPS) is 13.4. The third-order valence-corrected chi connectivity index (χ3v) is 20.5. The van der Waals surface area contributed by atoms with Crippen LogP contribution in [0.3, 0.4) is 0 Å². The van der Waals surface area contributed by atoms with Gasteiger partial charge >= 0.3 is 0 Å². The highest BCUT2D eigenvalue weighted by Gasteiger charge is 2.49. The molecule has 0 radical (unpaired) electrons. The van der Waals surface area contributed by atoms with E-state index in [0.29, 0.717) is 0 Å². The van der Waals surface area contributed by atoms with E-state index < -0.39 is 0 Å². The summed E-state index contributed by atoms with van der Waals surface area (Å²) in [5.74, 6) is 7.91. The molecule has 0 unspecified atom stereocenters. The summed E-state index contributed by atoms with van der Waals surface area (Å²) >= 11 is 0. The Morgan fingerprint density at radius 1 is 0.247 bits per heavy atom. The van der Waals surface area contributed by atoms with Crippen molar-refractivity contribution in [1.29, 1.82) is 0 Å². The molecule has 0 fully saturated rings. The summed E-state index contributed by atoms with van der Waals surface area (Å²) in [7, 11) is 0. The lowest BCUT2D eigenvalue weighted by atomic mass is 9.30. The molecule has 6 aliphatic heterocycles. The number of para-hydroxylation sites is 3. The van der Waals surface area contributed by atoms with Crippen molar-refractivity contribution in [3.05, 3.63) is 276 Å². The minimum absolute atomic E-state index is 0.237. The summed E-state index contributed by atoms with van der Waals surface area (Å²) in [4.78, 5) is 2.45. The van der Waals surface area contributed by atoms with Gasteiger partial charge in [-0.15, -0.1) is 0 Å². The molecule has 0 saturated heterocycles. The Morgan fingerprint density at radius 3 is 1.05 bits per heavy atom. The molecule has 13 aromatic carbocycles.